The molecule has 0 bridgehead atoms. The minimum absolute atomic E-state index is 0.166. The number of hydrogen-bond donors (Lipinski definition) is 4. The van der Waals surface area contributed by atoms with E-state index in [0.717, 1.165) is 97.3 Å². The fraction of sp³-hybridized carbons (Fsp3) is 0.481. The summed E-state index contributed by atoms with van der Waals surface area (Å²) in [5, 5.41) is 7.20. The first kappa shape index (κ1) is 47.4. The predicted molar refractivity (Wildman–Crippen MR) is 266 cm³/mol. The SMILES string of the molecule is COCNC(CN1CCC[C@H]1c1ncc(-c2ccc3c(c2)cc2n3C(c3cccc(OC4CCCC4)c3)Oc3cc(-c4cnc([C@@H]5CCCN5C(=O)[C@@H](NC(=O)OC)C(C)C)[nH]4)cc(F)c3-2)[nH]1)C(C)C. The number of hydrogen-bond acceptors (Lipinski definition) is 10. The maximum Gasteiger partial charge on any atom is 0.407 e. The number of carbonyl (C=O) groups is 2. The summed E-state index contributed by atoms with van der Waals surface area (Å²) in [4.78, 5) is 47.1. The number of methoxy groups -OCH3 is 2. The van der Waals surface area contributed by atoms with Gasteiger partial charge in [0.2, 0.25) is 12.1 Å². The highest BCUT2D eigenvalue weighted by Gasteiger charge is 2.39. The lowest BCUT2D eigenvalue weighted by molar-refractivity contribution is -0.135. The van der Waals surface area contributed by atoms with Gasteiger partial charge in [0.15, 0.2) is 0 Å². The van der Waals surface area contributed by atoms with Gasteiger partial charge in [0, 0.05) is 48.3 Å². The number of H-pyrrole nitrogens is 2. The molecular weight excluding hydrogens is 890 g/mol. The molecule has 2 amide bonds. The van der Waals surface area contributed by atoms with Crippen molar-refractivity contribution >= 4 is 22.9 Å². The van der Waals surface area contributed by atoms with Crippen LogP contribution in [-0.4, -0.2) is 105 Å². The first-order valence-electron chi connectivity index (χ1n) is 25.1. The van der Waals surface area contributed by atoms with E-state index in [9.17, 15) is 9.59 Å². The molecule has 0 spiro atoms. The van der Waals surface area contributed by atoms with Crippen LogP contribution in [0.3, 0.4) is 0 Å². The van der Waals surface area contributed by atoms with Gasteiger partial charge in [-0.05, 0) is 112 Å². The molecule has 2 unspecified atom stereocenters. The topological polar surface area (TPSA) is 164 Å². The molecule has 5 atom stereocenters. The zero-order valence-corrected chi connectivity index (χ0v) is 41.1. The van der Waals surface area contributed by atoms with Crippen molar-refractivity contribution in [1.29, 1.82) is 0 Å². The molecule has 3 aromatic heterocycles. The van der Waals surface area contributed by atoms with Gasteiger partial charge in [-0.2, -0.15) is 0 Å². The van der Waals surface area contributed by atoms with Gasteiger partial charge in [0.1, 0.15) is 35.0 Å². The Kier molecular flexibility index (Phi) is 13.7. The molecule has 1 aliphatic carbocycles. The van der Waals surface area contributed by atoms with Gasteiger partial charge in [-0.1, -0.05) is 45.9 Å². The maximum absolute atomic E-state index is 17.1. The van der Waals surface area contributed by atoms with E-state index >= 15 is 4.39 Å². The van der Waals surface area contributed by atoms with Crippen LogP contribution in [0.5, 0.6) is 11.5 Å². The third-order valence-corrected chi connectivity index (χ3v) is 14.8. The van der Waals surface area contributed by atoms with Crippen LogP contribution in [0.4, 0.5) is 9.18 Å². The van der Waals surface area contributed by atoms with Crippen molar-refractivity contribution in [3.63, 3.8) is 0 Å². The normalized spacial score (nSPS) is 20.2. The number of rotatable bonds is 16. The van der Waals surface area contributed by atoms with Crippen LogP contribution < -0.4 is 20.1 Å². The van der Waals surface area contributed by atoms with E-state index in [0.29, 0.717) is 65.7 Å². The Hall–Kier alpha value is -6.23. The second-order valence-electron chi connectivity index (χ2n) is 20.1. The summed E-state index contributed by atoms with van der Waals surface area (Å²) in [6.45, 7) is 11.2. The van der Waals surface area contributed by atoms with Gasteiger partial charge in [-0.15, -0.1) is 0 Å². The molecule has 3 aromatic carbocycles. The number of ether oxygens (including phenoxy) is 4. The number of benzene rings is 3. The monoisotopic (exact) mass is 956 g/mol. The standard InChI is InChI=1S/C54H66FN9O6/c1-31(2)42(58-30-67-5)29-62-20-10-16-44(62)50-56-27-40(59-50)33-18-19-43-36(22-33)25-46-48-39(55)24-35(26-47(48)70-53(64(43)46)34-12-9-15-38(23-34)69-37-13-7-8-14-37)41-28-57-51(60-41)45-17-11-21-63(45)52(65)49(32(3)4)61-54(66)68-6/h9,12,15,18-19,22-28,31-32,37,42,44-45,49,53,58H,7-8,10-11,13-14,16-17,20-21,29-30H2,1-6H3,(H,56,59)(H,57,60)(H,61,66)/t42?,44-,45-,49-,53?/m0/s1. The molecule has 16 heteroatoms. The molecule has 15 nitrogen and oxygen atoms in total. The first-order valence-corrected chi connectivity index (χ1v) is 25.1. The molecule has 0 radical (unpaired) electrons. The lowest BCUT2D eigenvalue weighted by Crippen LogP contribution is -2.51. The van der Waals surface area contributed by atoms with Crippen molar-refractivity contribution < 1.29 is 32.9 Å². The molecule has 3 aliphatic heterocycles. The van der Waals surface area contributed by atoms with E-state index in [2.05, 4.69) is 68.2 Å². The number of carbonyl (C=O) groups excluding carboxylic acids is 2. The molecule has 3 fully saturated rings. The number of likely N-dealkylation sites (tertiary alicyclic amines) is 2. The fourth-order valence-electron chi connectivity index (χ4n) is 11.1. The molecule has 1 saturated carbocycles. The summed E-state index contributed by atoms with van der Waals surface area (Å²) in [7, 11) is 3.00. The molecule has 370 valence electrons. The number of alkyl carbamates (subject to hydrolysis) is 1. The molecule has 4 aliphatic rings. The minimum Gasteiger partial charge on any atom is -0.490 e. The molecule has 4 N–H and O–H groups in total. The summed E-state index contributed by atoms with van der Waals surface area (Å²) in [6.07, 6.45) is 10.5. The number of aromatic nitrogens is 5. The Balaban J connectivity index is 0.977. The Morgan fingerprint density at radius 3 is 2.33 bits per heavy atom. The summed E-state index contributed by atoms with van der Waals surface area (Å²) in [5.74, 6) is 2.38. The van der Waals surface area contributed by atoms with E-state index < -0.39 is 24.2 Å². The van der Waals surface area contributed by atoms with Gasteiger partial charge >= 0.3 is 6.09 Å². The van der Waals surface area contributed by atoms with E-state index in [1.54, 1.807) is 18.2 Å². The maximum atomic E-state index is 17.1. The average Bonchev–Trinajstić information content (AvgIpc) is 4.22. The van der Waals surface area contributed by atoms with Crippen molar-refractivity contribution in [2.45, 2.75) is 116 Å². The summed E-state index contributed by atoms with van der Waals surface area (Å²) in [5.41, 5.74) is 5.90. The highest BCUT2D eigenvalue weighted by molar-refractivity contribution is 5.93. The van der Waals surface area contributed by atoms with Crippen molar-refractivity contribution in [2.75, 3.05) is 40.6 Å². The summed E-state index contributed by atoms with van der Waals surface area (Å²) < 4.78 is 42.8. The van der Waals surface area contributed by atoms with E-state index in [1.807, 2.05) is 50.4 Å². The Bertz CT molecular complexity index is 2830. The third kappa shape index (κ3) is 9.40. The minimum atomic E-state index is -0.761. The number of aromatic amines is 2. The first-order chi connectivity index (χ1) is 34.0. The van der Waals surface area contributed by atoms with Crippen molar-refractivity contribution in [2.24, 2.45) is 11.8 Å². The van der Waals surface area contributed by atoms with Gasteiger partial charge in [-0.3, -0.25) is 15.0 Å². The van der Waals surface area contributed by atoms with Gasteiger partial charge in [0.05, 0.1) is 72.6 Å². The number of halogens is 1. The van der Waals surface area contributed by atoms with Crippen LogP contribution >= 0.6 is 0 Å². The molecule has 6 aromatic rings. The number of fused-ring (bicyclic) bond motifs is 5. The Morgan fingerprint density at radius 2 is 1.59 bits per heavy atom. The molecule has 70 heavy (non-hydrogen) atoms. The van der Waals surface area contributed by atoms with Gasteiger partial charge in [-0.25, -0.2) is 19.2 Å². The van der Waals surface area contributed by atoms with E-state index in [-0.39, 0.29) is 30.0 Å². The average molecular weight is 956 g/mol. The number of amides is 2. The van der Waals surface area contributed by atoms with Gasteiger partial charge in [0.25, 0.3) is 0 Å². The van der Waals surface area contributed by atoms with Crippen LogP contribution in [0.2, 0.25) is 0 Å². The molecule has 6 heterocycles. The zero-order chi connectivity index (χ0) is 48.6. The largest absolute Gasteiger partial charge is 0.490 e. The van der Waals surface area contributed by atoms with Crippen molar-refractivity contribution in [3.05, 3.63) is 96.1 Å². The zero-order valence-electron chi connectivity index (χ0n) is 41.1. The van der Waals surface area contributed by atoms with Crippen LogP contribution in [-0.2, 0) is 14.3 Å². The number of nitrogens with one attached hydrogen (secondary N) is 4. The van der Waals surface area contributed by atoms with Crippen molar-refractivity contribution in [3.8, 4) is 45.3 Å². The molecule has 2 saturated heterocycles. The van der Waals surface area contributed by atoms with Crippen LogP contribution in [0.15, 0.2) is 73.1 Å². The second-order valence-corrected chi connectivity index (χ2v) is 20.1. The Labute approximate surface area is 408 Å². The Morgan fingerprint density at radius 1 is 0.843 bits per heavy atom. The van der Waals surface area contributed by atoms with Crippen LogP contribution in [0.1, 0.15) is 115 Å². The number of nitrogens with zero attached hydrogens (tertiary/aromatic N) is 5. The highest BCUT2D eigenvalue weighted by Crippen LogP contribution is 2.48. The smallest absolute Gasteiger partial charge is 0.407 e. The number of imidazole rings is 2. The summed E-state index contributed by atoms with van der Waals surface area (Å²) >= 11 is 0. The molecule has 10 rings (SSSR count). The third-order valence-electron chi connectivity index (χ3n) is 14.8. The lowest BCUT2D eigenvalue weighted by Gasteiger charge is -2.31. The second kappa shape index (κ2) is 20.2. The molecular formula is C54H66FN9O6. The predicted octanol–water partition coefficient (Wildman–Crippen LogP) is 9.89. The lowest BCUT2D eigenvalue weighted by atomic mass is 10.0. The van der Waals surface area contributed by atoms with E-state index in [1.165, 1.54) is 13.2 Å². The highest BCUT2D eigenvalue weighted by atomic mass is 19.1. The van der Waals surface area contributed by atoms with E-state index in [4.69, 9.17) is 28.9 Å². The van der Waals surface area contributed by atoms with Crippen molar-refractivity contribution in [1.82, 2.24) is 44.9 Å². The van der Waals surface area contributed by atoms with Crippen LogP contribution in [0, 0.1) is 17.7 Å². The quantitative estimate of drug-likeness (QED) is 0.0687. The van der Waals surface area contributed by atoms with Crippen LogP contribution in [0.25, 0.3) is 44.7 Å². The fourth-order valence-corrected chi connectivity index (χ4v) is 11.1. The van der Waals surface area contributed by atoms with Gasteiger partial charge < -0.3 is 43.7 Å². The summed E-state index contributed by atoms with van der Waals surface area (Å²) in [6, 6.07) is 19.2.